The Morgan fingerprint density at radius 2 is 2.02 bits per heavy atom. The molecular formula is C23H35N6O11PS. The molecule has 5 atom stereocenters. The molecule has 2 rings (SSSR count). The van der Waals surface area contributed by atoms with Gasteiger partial charge in [0.05, 0.1) is 32.5 Å². The van der Waals surface area contributed by atoms with Gasteiger partial charge >= 0.3 is 25.4 Å². The van der Waals surface area contributed by atoms with Gasteiger partial charge in [-0.3, -0.25) is 37.8 Å². The fourth-order valence-electron chi connectivity index (χ4n) is 3.51. The highest BCUT2D eigenvalue weighted by molar-refractivity contribution is 8.13. The molecule has 2 heterocycles. The van der Waals surface area contributed by atoms with E-state index in [0.717, 1.165) is 30.4 Å². The molecule has 1 aliphatic rings. The van der Waals surface area contributed by atoms with Gasteiger partial charge in [-0.05, 0) is 12.5 Å². The van der Waals surface area contributed by atoms with E-state index in [-0.39, 0.29) is 29.5 Å². The predicted molar refractivity (Wildman–Crippen MR) is 150 cm³/mol. The molecule has 0 aromatic carbocycles. The Kier molecular flexibility index (Phi) is 13.0. The molecule has 0 bridgehead atoms. The number of methoxy groups -OCH3 is 1. The minimum Gasteiger partial charge on any atom is -0.468 e. The molecule has 0 saturated carbocycles. The first-order valence-corrected chi connectivity index (χ1v) is 15.2. The number of hydrogen-bond acceptors (Lipinski definition) is 13. The zero-order valence-electron chi connectivity index (χ0n) is 24.1. The number of thioether (sulfide) groups is 1. The summed E-state index contributed by atoms with van der Waals surface area (Å²) in [7, 11) is -3.34. The fraction of sp³-hybridized carbons (Fsp3) is 0.696. The summed E-state index contributed by atoms with van der Waals surface area (Å²) in [6.45, 7) is 6.52. The Morgan fingerprint density at radius 1 is 1.33 bits per heavy atom. The van der Waals surface area contributed by atoms with Gasteiger partial charge in [0.2, 0.25) is 0 Å². The lowest BCUT2D eigenvalue weighted by molar-refractivity contribution is -0.148. The van der Waals surface area contributed by atoms with Gasteiger partial charge < -0.3 is 14.2 Å². The molecule has 0 amide bonds. The van der Waals surface area contributed by atoms with Crippen LogP contribution in [0, 0.1) is 12.3 Å². The third kappa shape index (κ3) is 10.4. The predicted octanol–water partition coefficient (Wildman–Crippen LogP) is 1.95. The Morgan fingerprint density at radius 3 is 2.62 bits per heavy atom. The van der Waals surface area contributed by atoms with E-state index < -0.39 is 74.0 Å². The number of nitrogens with one attached hydrogen (secondary N) is 2. The highest BCUT2D eigenvalue weighted by Gasteiger charge is 2.40. The van der Waals surface area contributed by atoms with Crippen LogP contribution < -0.4 is 16.3 Å². The van der Waals surface area contributed by atoms with Gasteiger partial charge in [-0.25, -0.2) is 14.4 Å². The Balaban J connectivity index is 2.25. The van der Waals surface area contributed by atoms with E-state index in [1.807, 2.05) is 0 Å². The second kappa shape index (κ2) is 15.5. The Labute approximate surface area is 245 Å². The number of nitrogens with zero attached hydrogens (tertiary/aromatic N) is 4. The van der Waals surface area contributed by atoms with Crippen LogP contribution >= 0.6 is 19.5 Å². The van der Waals surface area contributed by atoms with E-state index in [0.29, 0.717) is 0 Å². The average Bonchev–Trinajstić information content (AvgIpc) is 3.31. The first-order chi connectivity index (χ1) is 19.6. The highest BCUT2D eigenvalue weighted by Crippen LogP contribution is 2.46. The van der Waals surface area contributed by atoms with Crippen molar-refractivity contribution in [3.63, 3.8) is 0 Å². The maximum absolute atomic E-state index is 13.8. The summed E-state index contributed by atoms with van der Waals surface area (Å²) >= 11 is 0.953. The second-order valence-electron chi connectivity index (χ2n) is 10.1. The number of aryl methyl sites for hydroxylation is 1. The maximum atomic E-state index is 13.8. The number of carbonyl (C=O) groups excluding carboxylic acids is 3. The van der Waals surface area contributed by atoms with E-state index in [4.69, 9.17) is 28.8 Å². The molecule has 0 aliphatic carbocycles. The van der Waals surface area contributed by atoms with Crippen molar-refractivity contribution in [2.75, 3.05) is 32.7 Å². The summed E-state index contributed by atoms with van der Waals surface area (Å²) in [4.78, 5) is 65.0. The lowest BCUT2D eigenvalue weighted by atomic mass is 10.00. The number of rotatable bonds is 14. The molecule has 1 fully saturated rings. The average molecular weight is 635 g/mol. The summed E-state index contributed by atoms with van der Waals surface area (Å²) < 4.78 is 41.4. The van der Waals surface area contributed by atoms with Crippen LogP contribution in [0.4, 0.5) is 0 Å². The normalized spacial score (nSPS) is 20.7. The van der Waals surface area contributed by atoms with Gasteiger partial charge in [-0.1, -0.05) is 37.6 Å². The fourth-order valence-corrected chi connectivity index (χ4v) is 5.88. The van der Waals surface area contributed by atoms with Gasteiger partial charge in [0.25, 0.3) is 5.56 Å². The number of aromatic nitrogens is 2. The summed E-state index contributed by atoms with van der Waals surface area (Å²) in [5.41, 5.74) is 7.35. The summed E-state index contributed by atoms with van der Waals surface area (Å²) in [6, 6.07) is -2.34. The van der Waals surface area contributed by atoms with E-state index >= 15 is 0 Å². The van der Waals surface area contributed by atoms with Crippen molar-refractivity contribution in [1.29, 1.82) is 0 Å². The third-order valence-corrected chi connectivity index (χ3v) is 8.60. The molecule has 0 spiro atoms. The van der Waals surface area contributed by atoms with E-state index in [1.165, 1.54) is 13.1 Å². The summed E-state index contributed by atoms with van der Waals surface area (Å²) in [6.07, 6.45) is -0.683. The molecule has 2 N–H and O–H groups in total. The van der Waals surface area contributed by atoms with Crippen molar-refractivity contribution in [3.05, 3.63) is 43.0 Å². The topological polar surface area (TPSA) is 230 Å². The van der Waals surface area contributed by atoms with Crippen molar-refractivity contribution in [2.24, 2.45) is 10.5 Å². The van der Waals surface area contributed by atoms with Crippen molar-refractivity contribution >= 4 is 36.6 Å². The minimum absolute atomic E-state index is 0.0187. The zero-order valence-corrected chi connectivity index (χ0v) is 25.8. The molecule has 1 aliphatic heterocycles. The molecule has 1 aromatic rings. The van der Waals surface area contributed by atoms with E-state index in [2.05, 4.69) is 20.1 Å². The van der Waals surface area contributed by atoms with Crippen LogP contribution in [-0.2, 0) is 42.2 Å². The van der Waals surface area contributed by atoms with Crippen molar-refractivity contribution < 1.29 is 42.2 Å². The number of carbonyl (C=O) groups is 3. The van der Waals surface area contributed by atoms with Gasteiger partial charge in [-0.2, -0.15) is 0 Å². The first kappa shape index (κ1) is 35.2. The summed E-state index contributed by atoms with van der Waals surface area (Å²) in [5.74, 6) is -1.55. The van der Waals surface area contributed by atoms with Crippen molar-refractivity contribution in [1.82, 2.24) is 14.6 Å². The standard InChI is InChI=1S/C23H35N6O11PS/c1-13-10-29(22(34)25-19(13)31)18-9-15(26-28-24)17(40-18)12-39-41(35,38-7-8-42-21(33)23(3,4)5)27-16(20(32)36-6)11-37-14(2)30/h10,15-18H,7-9,11-12H2,1-6H3,(H,27,35)(H,25,31,34)/t15?,16-,17?,18?,41?/m0/s1. The van der Waals surface area contributed by atoms with Crippen LogP contribution in [0.2, 0.25) is 0 Å². The number of H-pyrrole nitrogens is 1. The van der Waals surface area contributed by atoms with Crippen molar-refractivity contribution in [2.45, 2.75) is 65.5 Å². The zero-order chi connectivity index (χ0) is 31.7. The lowest BCUT2D eigenvalue weighted by Crippen LogP contribution is -2.41. The van der Waals surface area contributed by atoms with Crippen LogP contribution in [0.5, 0.6) is 0 Å². The lowest BCUT2D eigenvalue weighted by Gasteiger charge is -2.25. The molecule has 1 saturated heterocycles. The van der Waals surface area contributed by atoms with Gasteiger partial charge in [-0.15, -0.1) is 0 Å². The highest BCUT2D eigenvalue weighted by atomic mass is 32.2. The van der Waals surface area contributed by atoms with Crippen LogP contribution in [0.3, 0.4) is 0 Å². The molecule has 4 unspecified atom stereocenters. The first-order valence-electron chi connectivity index (χ1n) is 12.7. The molecular weight excluding hydrogens is 599 g/mol. The minimum atomic E-state index is -4.41. The molecule has 19 heteroatoms. The van der Waals surface area contributed by atoms with Crippen molar-refractivity contribution in [3.8, 4) is 0 Å². The largest absolute Gasteiger partial charge is 0.468 e. The van der Waals surface area contributed by atoms with Crippen LogP contribution in [0.25, 0.3) is 10.4 Å². The Hall–Kier alpha value is -2.98. The molecule has 0 radical (unpaired) electrons. The molecule has 1 aromatic heterocycles. The molecule has 234 valence electrons. The monoisotopic (exact) mass is 634 g/mol. The third-order valence-electron chi connectivity index (χ3n) is 5.71. The molecule has 17 nitrogen and oxygen atoms in total. The SMILES string of the molecule is COC(=O)[C@H](COC(C)=O)NP(=O)(OCCSC(=O)C(C)(C)C)OCC1OC(n2cc(C)c(=O)[nH]c2=O)CC1N=[N+]=[N-]. The number of ether oxygens (including phenoxy) is 3. The van der Waals surface area contributed by atoms with E-state index in [1.54, 1.807) is 20.8 Å². The quantitative estimate of drug-likeness (QED) is 0.0745. The van der Waals surface area contributed by atoms with Crippen LogP contribution in [-0.4, -0.2) is 77.5 Å². The smallest absolute Gasteiger partial charge is 0.406 e. The van der Waals surface area contributed by atoms with Crippen LogP contribution in [0.15, 0.2) is 20.9 Å². The van der Waals surface area contributed by atoms with E-state index in [9.17, 15) is 28.5 Å². The van der Waals surface area contributed by atoms with Gasteiger partial charge in [0.1, 0.15) is 18.9 Å². The maximum Gasteiger partial charge on any atom is 0.406 e. The number of aromatic amines is 1. The van der Waals surface area contributed by atoms with Crippen LogP contribution in [0.1, 0.15) is 45.9 Å². The van der Waals surface area contributed by atoms with Gasteiger partial charge in [0, 0.05) is 41.2 Å². The second-order valence-corrected chi connectivity index (χ2v) is 13.0. The number of hydrogen-bond donors (Lipinski definition) is 2. The Bertz CT molecular complexity index is 1350. The molecule has 42 heavy (non-hydrogen) atoms. The number of esters is 2. The number of azide groups is 1. The van der Waals surface area contributed by atoms with Gasteiger partial charge in [0.15, 0.2) is 5.12 Å². The summed E-state index contributed by atoms with van der Waals surface area (Å²) in [5, 5.41) is 5.96.